The second-order valence-electron chi connectivity index (χ2n) is 3.37. The van der Waals surface area contributed by atoms with Crippen molar-refractivity contribution >= 4 is 23.7 Å². The molecule has 0 fully saturated rings. The Morgan fingerprint density at radius 2 is 2.38 bits per heavy atom. The molecule has 0 amide bonds. The maximum absolute atomic E-state index is 10.8. The first kappa shape index (κ1) is 12.9. The molecule has 1 rings (SSSR count). The Bertz CT molecular complexity index is 360. The lowest BCUT2D eigenvalue weighted by molar-refractivity contribution is 0.112. The van der Waals surface area contributed by atoms with Crippen LogP contribution < -0.4 is 5.32 Å². The Kier molecular flexibility index (Phi) is 5.14. The van der Waals surface area contributed by atoms with Crippen molar-refractivity contribution in [2.24, 2.45) is 0 Å². The van der Waals surface area contributed by atoms with Crippen molar-refractivity contribution in [2.75, 3.05) is 19.0 Å². The Hall–Kier alpha value is -1.20. The molecule has 0 aromatic carbocycles. The van der Waals surface area contributed by atoms with Crippen molar-refractivity contribution in [3.63, 3.8) is 0 Å². The van der Waals surface area contributed by atoms with E-state index >= 15 is 0 Å². The zero-order valence-corrected chi connectivity index (χ0v) is 9.99. The summed E-state index contributed by atoms with van der Waals surface area (Å²) in [7, 11) is 1.64. The zero-order chi connectivity index (χ0) is 12.0. The molecule has 1 unspecified atom stereocenters. The maximum Gasteiger partial charge on any atom is 0.156 e. The third kappa shape index (κ3) is 3.43. The number of ether oxygens (including phenoxy) is 1. The van der Waals surface area contributed by atoms with E-state index in [1.54, 1.807) is 7.11 Å². The Labute approximate surface area is 99.2 Å². The monoisotopic (exact) mass is 243 g/mol. The number of nitrogens with one attached hydrogen (secondary N) is 1. The molecule has 16 heavy (non-hydrogen) atoms. The van der Waals surface area contributed by atoms with Gasteiger partial charge in [-0.1, -0.05) is 11.6 Å². The highest BCUT2D eigenvalue weighted by Crippen LogP contribution is 2.18. The molecule has 0 radical (unpaired) electrons. The number of hydrogen-bond acceptors (Lipinski definition) is 5. The van der Waals surface area contributed by atoms with E-state index < -0.39 is 0 Å². The number of carbonyl (C=O) groups is 1. The Morgan fingerprint density at radius 1 is 1.62 bits per heavy atom. The number of aldehydes is 1. The van der Waals surface area contributed by atoms with Crippen molar-refractivity contribution in [3.05, 3.63) is 17.0 Å². The molecule has 0 aliphatic carbocycles. The van der Waals surface area contributed by atoms with Crippen LogP contribution in [0.25, 0.3) is 0 Å². The number of hydrogen-bond donors (Lipinski definition) is 1. The number of methoxy groups -OCH3 is 1. The third-order valence-electron chi connectivity index (χ3n) is 2.09. The van der Waals surface area contributed by atoms with Gasteiger partial charge in [-0.05, 0) is 13.3 Å². The molecule has 1 aromatic rings. The van der Waals surface area contributed by atoms with Gasteiger partial charge in [0.15, 0.2) is 6.29 Å². The number of rotatable bonds is 6. The minimum Gasteiger partial charge on any atom is -0.385 e. The van der Waals surface area contributed by atoms with Gasteiger partial charge in [-0.25, -0.2) is 9.97 Å². The van der Waals surface area contributed by atoms with Gasteiger partial charge in [0.05, 0.1) is 5.56 Å². The van der Waals surface area contributed by atoms with E-state index in [1.807, 2.05) is 6.92 Å². The minimum absolute atomic E-state index is 0.143. The van der Waals surface area contributed by atoms with Crippen LogP contribution in [0.15, 0.2) is 6.33 Å². The van der Waals surface area contributed by atoms with Gasteiger partial charge in [0.25, 0.3) is 0 Å². The van der Waals surface area contributed by atoms with Gasteiger partial charge in [-0.2, -0.15) is 0 Å². The molecule has 1 aromatic heterocycles. The first-order valence-corrected chi connectivity index (χ1v) is 5.28. The van der Waals surface area contributed by atoms with Crippen LogP contribution in [0, 0.1) is 0 Å². The van der Waals surface area contributed by atoms with Crippen molar-refractivity contribution < 1.29 is 9.53 Å². The molecule has 0 saturated carbocycles. The van der Waals surface area contributed by atoms with E-state index in [4.69, 9.17) is 16.3 Å². The SMILES string of the molecule is COCCC(C)Nc1ncnc(Cl)c1C=O. The highest BCUT2D eigenvalue weighted by Gasteiger charge is 2.11. The Balaban J connectivity index is 2.72. The number of halogens is 1. The van der Waals surface area contributed by atoms with Gasteiger partial charge < -0.3 is 10.1 Å². The fourth-order valence-corrected chi connectivity index (χ4v) is 1.37. The van der Waals surface area contributed by atoms with Crippen molar-refractivity contribution in [1.29, 1.82) is 0 Å². The zero-order valence-electron chi connectivity index (χ0n) is 9.24. The first-order chi connectivity index (χ1) is 7.69. The standard InChI is InChI=1S/C10H14ClN3O2/c1-7(3-4-16-2)14-10-8(5-15)9(11)12-6-13-10/h5-7H,3-4H2,1-2H3,(H,12,13,14). The quantitative estimate of drug-likeness (QED) is 0.610. The lowest BCUT2D eigenvalue weighted by atomic mass is 10.2. The van der Waals surface area contributed by atoms with Crippen LogP contribution in [0.1, 0.15) is 23.7 Å². The minimum atomic E-state index is 0.143. The average molecular weight is 244 g/mol. The summed E-state index contributed by atoms with van der Waals surface area (Å²) in [6.45, 7) is 2.62. The molecule has 6 heteroatoms. The molecule has 0 aliphatic heterocycles. The highest BCUT2D eigenvalue weighted by atomic mass is 35.5. The van der Waals surface area contributed by atoms with Gasteiger partial charge in [0.2, 0.25) is 0 Å². The van der Waals surface area contributed by atoms with Crippen LogP contribution in [0.5, 0.6) is 0 Å². The first-order valence-electron chi connectivity index (χ1n) is 4.90. The molecule has 0 bridgehead atoms. The predicted molar refractivity (Wildman–Crippen MR) is 62.0 cm³/mol. The summed E-state index contributed by atoms with van der Waals surface area (Å²) in [4.78, 5) is 18.5. The van der Waals surface area contributed by atoms with Crippen LogP contribution in [0.4, 0.5) is 5.82 Å². The molecule has 1 heterocycles. The number of nitrogens with zero attached hydrogens (tertiary/aromatic N) is 2. The molecular formula is C10H14ClN3O2. The maximum atomic E-state index is 10.8. The molecule has 0 saturated heterocycles. The van der Waals surface area contributed by atoms with Gasteiger partial charge >= 0.3 is 0 Å². The van der Waals surface area contributed by atoms with E-state index in [0.717, 1.165) is 6.42 Å². The van der Waals surface area contributed by atoms with Crippen LogP contribution in [0.3, 0.4) is 0 Å². The lowest BCUT2D eigenvalue weighted by Crippen LogP contribution is -2.19. The number of aromatic nitrogens is 2. The third-order valence-corrected chi connectivity index (χ3v) is 2.39. The molecule has 0 spiro atoms. The summed E-state index contributed by atoms with van der Waals surface area (Å²) < 4.78 is 4.96. The number of anilines is 1. The average Bonchev–Trinajstić information content (AvgIpc) is 2.27. The van der Waals surface area contributed by atoms with E-state index in [9.17, 15) is 4.79 Å². The second-order valence-corrected chi connectivity index (χ2v) is 3.73. The summed E-state index contributed by atoms with van der Waals surface area (Å²) >= 11 is 5.77. The molecule has 5 nitrogen and oxygen atoms in total. The topological polar surface area (TPSA) is 64.1 Å². The smallest absolute Gasteiger partial charge is 0.156 e. The summed E-state index contributed by atoms with van der Waals surface area (Å²) in [5.74, 6) is 0.457. The summed E-state index contributed by atoms with van der Waals surface area (Å²) in [5, 5.41) is 3.25. The van der Waals surface area contributed by atoms with Gasteiger partial charge in [-0.15, -0.1) is 0 Å². The summed E-state index contributed by atoms with van der Waals surface area (Å²) in [5.41, 5.74) is 0.286. The largest absolute Gasteiger partial charge is 0.385 e. The summed E-state index contributed by atoms with van der Waals surface area (Å²) in [6.07, 6.45) is 2.78. The Morgan fingerprint density at radius 3 is 3.00 bits per heavy atom. The molecule has 0 aliphatic rings. The van der Waals surface area contributed by atoms with Crippen LogP contribution in [-0.2, 0) is 4.74 Å². The fourth-order valence-electron chi connectivity index (χ4n) is 1.19. The van der Waals surface area contributed by atoms with Crippen LogP contribution >= 0.6 is 11.6 Å². The fraction of sp³-hybridized carbons (Fsp3) is 0.500. The van der Waals surface area contributed by atoms with Gasteiger partial charge in [-0.3, -0.25) is 4.79 Å². The molecule has 88 valence electrons. The van der Waals surface area contributed by atoms with E-state index in [0.29, 0.717) is 18.7 Å². The normalized spacial score (nSPS) is 12.2. The molecular weight excluding hydrogens is 230 g/mol. The van der Waals surface area contributed by atoms with E-state index in [2.05, 4.69) is 15.3 Å². The lowest BCUT2D eigenvalue weighted by Gasteiger charge is -2.15. The van der Waals surface area contributed by atoms with Crippen molar-refractivity contribution in [1.82, 2.24) is 9.97 Å². The van der Waals surface area contributed by atoms with E-state index in [1.165, 1.54) is 6.33 Å². The van der Waals surface area contributed by atoms with E-state index in [-0.39, 0.29) is 16.8 Å². The van der Waals surface area contributed by atoms with Crippen LogP contribution in [0.2, 0.25) is 5.15 Å². The highest BCUT2D eigenvalue weighted by molar-refractivity contribution is 6.32. The molecule has 1 N–H and O–H groups in total. The summed E-state index contributed by atoms with van der Waals surface area (Å²) in [6, 6.07) is 0.143. The van der Waals surface area contributed by atoms with Gasteiger partial charge in [0, 0.05) is 19.8 Å². The molecule has 1 atom stereocenters. The number of carbonyl (C=O) groups excluding carboxylic acids is 1. The van der Waals surface area contributed by atoms with Crippen LogP contribution in [-0.4, -0.2) is 36.0 Å². The predicted octanol–water partition coefficient (Wildman–Crippen LogP) is 1.78. The van der Waals surface area contributed by atoms with Gasteiger partial charge in [0.1, 0.15) is 17.3 Å². The van der Waals surface area contributed by atoms with Crippen molar-refractivity contribution in [3.8, 4) is 0 Å². The van der Waals surface area contributed by atoms with Crippen molar-refractivity contribution in [2.45, 2.75) is 19.4 Å². The second kappa shape index (κ2) is 6.40.